The maximum Gasteiger partial charge on any atom is 0.248 e. The lowest BCUT2D eigenvalue weighted by Crippen LogP contribution is -2.14. The monoisotopic (exact) mass is 457 g/mol. The summed E-state index contributed by atoms with van der Waals surface area (Å²) >= 11 is 1.59. The smallest absolute Gasteiger partial charge is 0.248 e. The first-order valence-electron chi connectivity index (χ1n) is 10.8. The summed E-state index contributed by atoms with van der Waals surface area (Å²) in [5.74, 6) is 2.12. The zero-order valence-electron chi connectivity index (χ0n) is 19.0. The number of carbonyl (C=O) groups excluding carboxylic acids is 1. The van der Waals surface area contributed by atoms with Crippen molar-refractivity contribution in [2.24, 2.45) is 0 Å². The first kappa shape index (κ1) is 22.8. The Hall–Kier alpha value is -3.38. The van der Waals surface area contributed by atoms with Crippen LogP contribution in [0.2, 0.25) is 0 Å². The highest BCUT2D eigenvalue weighted by atomic mass is 32.2. The number of carbonyl (C=O) groups is 1. The van der Waals surface area contributed by atoms with Gasteiger partial charge in [0, 0.05) is 22.6 Å². The molecule has 0 aliphatic carbocycles. The zero-order valence-corrected chi connectivity index (χ0v) is 19.9. The molecule has 3 aromatic carbocycles. The van der Waals surface area contributed by atoms with Gasteiger partial charge in [0.15, 0.2) is 0 Å². The molecule has 4 aromatic rings. The molecular formula is C27H27N3O2S. The third-order valence-electron chi connectivity index (χ3n) is 5.18. The van der Waals surface area contributed by atoms with E-state index in [0.717, 1.165) is 22.6 Å². The van der Waals surface area contributed by atoms with E-state index < -0.39 is 0 Å². The van der Waals surface area contributed by atoms with Crippen molar-refractivity contribution in [2.75, 3.05) is 11.1 Å². The van der Waals surface area contributed by atoms with Crippen molar-refractivity contribution < 1.29 is 9.21 Å². The van der Waals surface area contributed by atoms with E-state index in [0.29, 0.717) is 17.5 Å². The van der Waals surface area contributed by atoms with Gasteiger partial charge in [-0.25, -0.2) is 0 Å². The third-order valence-corrected chi connectivity index (χ3v) is 6.19. The van der Waals surface area contributed by atoms with Crippen molar-refractivity contribution in [1.82, 2.24) is 10.2 Å². The van der Waals surface area contributed by atoms with Gasteiger partial charge in [0.25, 0.3) is 0 Å². The lowest BCUT2D eigenvalue weighted by molar-refractivity contribution is -0.113. The second-order valence-electron chi connectivity index (χ2n) is 8.84. The van der Waals surface area contributed by atoms with E-state index in [1.165, 1.54) is 11.1 Å². The molecule has 33 heavy (non-hydrogen) atoms. The maximum absolute atomic E-state index is 12.2. The number of hydrogen-bond acceptors (Lipinski definition) is 5. The average molecular weight is 458 g/mol. The van der Waals surface area contributed by atoms with Gasteiger partial charge in [-0.3, -0.25) is 4.79 Å². The van der Waals surface area contributed by atoms with E-state index in [1.54, 1.807) is 11.8 Å². The minimum absolute atomic E-state index is 0.0255. The van der Waals surface area contributed by atoms with Gasteiger partial charge in [-0.1, -0.05) is 63.2 Å². The number of thioether (sulfide) groups is 1. The molecule has 0 spiro atoms. The van der Waals surface area contributed by atoms with Gasteiger partial charge >= 0.3 is 0 Å². The summed E-state index contributed by atoms with van der Waals surface area (Å²) in [5.41, 5.74) is 4.98. The lowest BCUT2D eigenvalue weighted by Gasteiger charge is -2.18. The van der Waals surface area contributed by atoms with Crippen LogP contribution in [-0.4, -0.2) is 21.9 Å². The van der Waals surface area contributed by atoms with Crippen LogP contribution >= 0.6 is 11.8 Å². The number of rotatable bonds is 7. The number of benzene rings is 3. The Kier molecular flexibility index (Phi) is 6.94. The molecule has 1 aromatic heterocycles. The number of nitrogens with zero attached hydrogens (tertiary/aromatic N) is 2. The van der Waals surface area contributed by atoms with Crippen LogP contribution in [0, 0.1) is 0 Å². The standard InChI is InChI=1S/C27H27N3O2S/c1-27(2,3)22-13-9-20(10-14-22)25-29-30-26(32-25)21-11-15-23(16-12-21)28-24(31)18-33-17-19-7-5-4-6-8-19/h4-16H,17-18H2,1-3H3,(H,28,31). The van der Waals surface area contributed by atoms with Gasteiger partial charge in [-0.2, -0.15) is 0 Å². The quantitative estimate of drug-likeness (QED) is 0.340. The van der Waals surface area contributed by atoms with Gasteiger partial charge in [0.1, 0.15) is 0 Å². The Morgan fingerprint density at radius 1 is 0.848 bits per heavy atom. The highest BCUT2D eigenvalue weighted by Crippen LogP contribution is 2.28. The molecule has 0 aliphatic rings. The minimum Gasteiger partial charge on any atom is -0.416 e. The van der Waals surface area contributed by atoms with Gasteiger partial charge in [0.2, 0.25) is 17.7 Å². The van der Waals surface area contributed by atoms with Crippen LogP contribution < -0.4 is 5.32 Å². The highest BCUT2D eigenvalue weighted by Gasteiger charge is 2.15. The summed E-state index contributed by atoms with van der Waals surface area (Å²) in [5, 5.41) is 11.3. The lowest BCUT2D eigenvalue weighted by atomic mass is 9.87. The molecule has 1 N–H and O–H groups in total. The summed E-state index contributed by atoms with van der Waals surface area (Å²) in [6.07, 6.45) is 0. The first-order chi connectivity index (χ1) is 15.9. The second-order valence-corrected chi connectivity index (χ2v) is 9.83. The minimum atomic E-state index is -0.0255. The van der Waals surface area contributed by atoms with E-state index >= 15 is 0 Å². The molecule has 4 rings (SSSR count). The largest absolute Gasteiger partial charge is 0.416 e. The Morgan fingerprint density at radius 2 is 1.42 bits per heavy atom. The summed E-state index contributed by atoms with van der Waals surface area (Å²) in [7, 11) is 0. The van der Waals surface area contributed by atoms with Crippen molar-refractivity contribution in [2.45, 2.75) is 31.9 Å². The fourth-order valence-corrected chi connectivity index (χ4v) is 4.09. The molecule has 5 nitrogen and oxygen atoms in total. The zero-order chi connectivity index (χ0) is 23.3. The van der Waals surface area contributed by atoms with Crippen molar-refractivity contribution in [3.8, 4) is 22.9 Å². The fraction of sp³-hybridized carbons (Fsp3) is 0.222. The Labute approximate surface area is 198 Å². The number of anilines is 1. The van der Waals surface area contributed by atoms with Crippen LogP contribution in [0.4, 0.5) is 5.69 Å². The molecule has 0 bridgehead atoms. The number of nitrogens with one attached hydrogen (secondary N) is 1. The molecular weight excluding hydrogens is 430 g/mol. The van der Waals surface area contributed by atoms with Crippen molar-refractivity contribution in [3.63, 3.8) is 0 Å². The predicted molar refractivity (Wildman–Crippen MR) is 135 cm³/mol. The van der Waals surface area contributed by atoms with Gasteiger partial charge in [-0.15, -0.1) is 22.0 Å². The molecule has 0 atom stereocenters. The van der Waals surface area contributed by atoms with Crippen LogP contribution in [0.15, 0.2) is 83.3 Å². The second kappa shape index (κ2) is 10.0. The predicted octanol–water partition coefficient (Wildman–Crippen LogP) is 6.57. The molecule has 1 heterocycles. The van der Waals surface area contributed by atoms with Gasteiger partial charge < -0.3 is 9.73 Å². The Morgan fingerprint density at radius 3 is 2.00 bits per heavy atom. The molecule has 168 valence electrons. The number of amides is 1. The van der Waals surface area contributed by atoms with Crippen LogP contribution in [0.25, 0.3) is 22.9 Å². The number of aromatic nitrogens is 2. The molecule has 6 heteroatoms. The molecule has 0 saturated heterocycles. The molecule has 0 aliphatic heterocycles. The summed E-state index contributed by atoms with van der Waals surface area (Å²) < 4.78 is 5.88. The molecule has 0 fully saturated rings. The third kappa shape index (κ3) is 6.11. The van der Waals surface area contributed by atoms with Crippen LogP contribution in [0.5, 0.6) is 0 Å². The van der Waals surface area contributed by atoms with E-state index in [2.05, 4.69) is 60.6 Å². The van der Waals surface area contributed by atoms with E-state index in [1.807, 2.05) is 54.6 Å². The first-order valence-corrected chi connectivity index (χ1v) is 12.0. The summed E-state index contributed by atoms with van der Waals surface area (Å²) in [6.45, 7) is 6.55. The van der Waals surface area contributed by atoms with E-state index in [-0.39, 0.29) is 11.3 Å². The van der Waals surface area contributed by atoms with Gasteiger partial charge in [0.05, 0.1) is 5.75 Å². The molecule has 1 amide bonds. The van der Waals surface area contributed by atoms with Crippen LogP contribution in [0.1, 0.15) is 31.9 Å². The SMILES string of the molecule is CC(C)(C)c1ccc(-c2nnc(-c3ccc(NC(=O)CSCc4ccccc4)cc3)o2)cc1. The van der Waals surface area contributed by atoms with E-state index in [4.69, 9.17) is 4.42 Å². The molecule has 0 saturated carbocycles. The Balaban J connectivity index is 1.33. The van der Waals surface area contributed by atoms with Crippen LogP contribution in [-0.2, 0) is 16.0 Å². The topological polar surface area (TPSA) is 68.0 Å². The van der Waals surface area contributed by atoms with Gasteiger partial charge in [-0.05, 0) is 52.9 Å². The van der Waals surface area contributed by atoms with Crippen molar-refractivity contribution >= 4 is 23.4 Å². The highest BCUT2D eigenvalue weighted by molar-refractivity contribution is 7.99. The average Bonchev–Trinajstić information content (AvgIpc) is 3.30. The van der Waals surface area contributed by atoms with Crippen molar-refractivity contribution in [1.29, 1.82) is 0 Å². The number of hydrogen-bond donors (Lipinski definition) is 1. The summed E-state index contributed by atoms with van der Waals surface area (Å²) in [6, 6.07) is 25.7. The van der Waals surface area contributed by atoms with E-state index in [9.17, 15) is 4.79 Å². The fourth-order valence-electron chi connectivity index (χ4n) is 3.30. The normalized spacial score (nSPS) is 11.4. The molecule has 0 unspecified atom stereocenters. The summed E-state index contributed by atoms with van der Waals surface area (Å²) in [4.78, 5) is 12.2. The van der Waals surface area contributed by atoms with Crippen molar-refractivity contribution in [3.05, 3.63) is 90.0 Å². The Bertz CT molecular complexity index is 1190. The van der Waals surface area contributed by atoms with Crippen LogP contribution in [0.3, 0.4) is 0 Å². The molecule has 0 radical (unpaired) electrons. The maximum atomic E-state index is 12.2.